The second-order valence-electron chi connectivity index (χ2n) is 6.25. The Labute approximate surface area is 122 Å². The highest BCUT2D eigenvalue weighted by Crippen LogP contribution is 2.29. The molecule has 0 spiro atoms. The van der Waals surface area contributed by atoms with E-state index >= 15 is 0 Å². The summed E-state index contributed by atoms with van der Waals surface area (Å²) in [5.74, 6) is 0.118. The molecule has 0 aromatic carbocycles. The molecule has 1 unspecified atom stereocenters. The third kappa shape index (κ3) is 3.71. The standard InChI is InChI=1S/C15H29N3O2/c1-13(18-7-3-2-4-8-18)11-17-14(19)15(12-16)5-9-20-10-6-15/h13H,2-12,16H2,1H3,(H,17,19). The number of nitrogens with one attached hydrogen (secondary N) is 1. The molecule has 2 rings (SSSR count). The first kappa shape index (κ1) is 15.7. The van der Waals surface area contributed by atoms with Gasteiger partial charge in [-0.15, -0.1) is 0 Å². The van der Waals surface area contributed by atoms with E-state index in [1.807, 2.05) is 0 Å². The molecule has 3 N–H and O–H groups in total. The van der Waals surface area contributed by atoms with E-state index in [0.29, 0.717) is 25.8 Å². The Kier molecular flexibility index (Phi) is 5.81. The van der Waals surface area contributed by atoms with Gasteiger partial charge < -0.3 is 15.8 Å². The molecule has 5 heteroatoms. The zero-order valence-electron chi connectivity index (χ0n) is 12.7. The van der Waals surface area contributed by atoms with Crippen LogP contribution in [0.4, 0.5) is 0 Å². The van der Waals surface area contributed by atoms with Crippen LogP contribution in [0.5, 0.6) is 0 Å². The average molecular weight is 283 g/mol. The van der Waals surface area contributed by atoms with Crippen molar-refractivity contribution in [3.63, 3.8) is 0 Å². The zero-order valence-corrected chi connectivity index (χ0v) is 12.7. The van der Waals surface area contributed by atoms with Gasteiger partial charge in [-0.05, 0) is 45.7 Å². The van der Waals surface area contributed by atoms with E-state index in [-0.39, 0.29) is 5.91 Å². The van der Waals surface area contributed by atoms with Crippen LogP contribution >= 0.6 is 0 Å². The van der Waals surface area contributed by atoms with Crippen LogP contribution in [0.15, 0.2) is 0 Å². The number of piperidine rings is 1. The van der Waals surface area contributed by atoms with Gasteiger partial charge in [0.05, 0.1) is 5.41 Å². The maximum absolute atomic E-state index is 12.5. The molecule has 5 nitrogen and oxygen atoms in total. The minimum Gasteiger partial charge on any atom is -0.381 e. The highest BCUT2D eigenvalue weighted by atomic mass is 16.5. The number of hydrogen-bond donors (Lipinski definition) is 2. The molecule has 0 aromatic heterocycles. The summed E-state index contributed by atoms with van der Waals surface area (Å²) < 4.78 is 5.35. The van der Waals surface area contributed by atoms with E-state index in [2.05, 4.69) is 17.1 Å². The van der Waals surface area contributed by atoms with Crippen LogP contribution in [0.2, 0.25) is 0 Å². The topological polar surface area (TPSA) is 67.6 Å². The lowest BCUT2D eigenvalue weighted by atomic mass is 9.79. The van der Waals surface area contributed by atoms with Gasteiger partial charge in [0.25, 0.3) is 0 Å². The lowest BCUT2D eigenvalue weighted by molar-refractivity contribution is -0.136. The number of likely N-dealkylation sites (tertiary alicyclic amines) is 1. The summed E-state index contributed by atoms with van der Waals surface area (Å²) in [6, 6.07) is 0.411. The number of amides is 1. The van der Waals surface area contributed by atoms with Gasteiger partial charge in [-0.2, -0.15) is 0 Å². The normalized spacial score (nSPS) is 25.1. The van der Waals surface area contributed by atoms with Crippen LogP contribution in [-0.2, 0) is 9.53 Å². The van der Waals surface area contributed by atoms with Crippen molar-refractivity contribution in [2.45, 2.75) is 45.1 Å². The van der Waals surface area contributed by atoms with Crippen molar-refractivity contribution < 1.29 is 9.53 Å². The number of carbonyl (C=O) groups is 1. The molecule has 2 aliphatic heterocycles. The largest absolute Gasteiger partial charge is 0.381 e. The first-order valence-corrected chi connectivity index (χ1v) is 7.98. The molecule has 20 heavy (non-hydrogen) atoms. The molecule has 0 saturated carbocycles. The second-order valence-corrected chi connectivity index (χ2v) is 6.25. The maximum Gasteiger partial charge on any atom is 0.227 e. The van der Waals surface area contributed by atoms with Crippen LogP contribution in [0, 0.1) is 5.41 Å². The van der Waals surface area contributed by atoms with Gasteiger partial charge in [0.1, 0.15) is 0 Å². The van der Waals surface area contributed by atoms with E-state index in [9.17, 15) is 4.79 Å². The van der Waals surface area contributed by atoms with Crippen molar-refractivity contribution >= 4 is 5.91 Å². The molecule has 2 saturated heterocycles. The Hall–Kier alpha value is -0.650. The van der Waals surface area contributed by atoms with Crippen molar-refractivity contribution in [1.82, 2.24) is 10.2 Å². The maximum atomic E-state index is 12.5. The van der Waals surface area contributed by atoms with Gasteiger partial charge in [-0.1, -0.05) is 6.42 Å². The Balaban J connectivity index is 1.80. The number of nitrogens with two attached hydrogens (primary N) is 1. The second kappa shape index (κ2) is 7.38. The van der Waals surface area contributed by atoms with E-state index in [4.69, 9.17) is 10.5 Å². The van der Waals surface area contributed by atoms with Crippen molar-refractivity contribution in [2.24, 2.45) is 11.1 Å². The first-order valence-electron chi connectivity index (χ1n) is 7.98. The Morgan fingerprint density at radius 1 is 1.30 bits per heavy atom. The monoisotopic (exact) mass is 283 g/mol. The fourth-order valence-corrected chi connectivity index (χ4v) is 3.20. The number of carbonyl (C=O) groups excluding carboxylic acids is 1. The summed E-state index contributed by atoms with van der Waals surface area (Å²) in [5.41, 5.74) is 5.46. The molecule has 1 atom stereocenters. The van der Waals surface area contributed by atoms with E-state index in [1.165, 1.54) is 19.3 Å². The SMILES string of the molecule is CC(CNC(=O)C1(CN)CCOCC1)N1CCCCC1. The van der Waals surface area contributed by atoms with Crippen LogP contribution in [0.1, 0.15) is 39.0 Å². The van der Waals surface area contributed by atoms with Gasteiger partial charge in [-0.25, -0.2) is 0 Å². The van der Waals surface area contributed by atoms with Crippen LogP contribution < -0.4 is 11.1 Å². The number of ether oxygens (including phenoxy) is 1. The van der Waals surface area contributed by atoms with Gasteiger partial charge in [-0.3, -0.25) is 9.69 Å². The molecule has 2 heterocycles. The lowest BCUT2D eigenvalue weighted by Crippen LogP contribution is -2.52. The molecular weight excluding hydrogens is 254 g/mol. The summed E-state index contributed by atoms with van der Waals surface area (Å²) >= 11 is 0. The molecule has 0 aliphatic carbocycles. The van der Waals surface area contributed by atoms with Crippen molar-refractivity contribution in [3.8, 4) is 0 Å². The smallest absolute Gasteiger partial charge is 0.227 e. The minimum atomic E-state index is -0.403. The summed E-state index contributed by atoms with van der Waals surface area (Å²) in [7, 11) is 0. The molecule has 1 amide bonds. The summed E-state index contributed by atoms with van der Waals surface area (Å²) in [6.07, 6.45) is 5.39. The Morgan fingerprint density at radius 2 is 1.95 bits per heavy atom. The van der Waals surface area contributed by atoms with Gasteiger partial charge in [0.15, 0.2) is 0 Å². The fourth-order valence-electron chi connectivity index (χ4n) is 3.20. The third-order valence-electron chi connectivity index (χ3n) is 4.89. The molecule has 0 aromatic rings. The first-order chi connectivity index (χ1) is 9.68. The average Bonchev–Trinajstić information content (AvgIpc) is 2.53. The Bertz CT molecular complexity index is 310. The minimum absolute atomic E-state index is 0.118. The summed E-state index contributed by atoms with van der Waals surface area (Å²) in [5, 5.41) is 3.13. The third-order valence-corrected chi connectivity index (χ3v) is 4.89. The molecule has 116 valence electrons. The molecule has 0 bridgehead atoms. The summed E-state index contributed by atoms with van der Waals surface area (Å²) in [4.78, 5) is 14.9. The van der Waals surface area contributed by atoms with Crippen LogP contribution in [-0.4, -0.2) is 56.2 Å². The number of nitrogens with zero attached hydrogens (tertiary/aromatic N) is 1. The highest BCUT2D eigenvalue weighted by molar-refractivity contribution is 5.83. The predicted octanol–water partition coefficient (Wildman–Crippen LogP) is 0.733. The van der Waals surface area contributed by atoms with E-state index in [1.54, 1.807) is 0 Å². The van der Waals surface area contributed by atoms with Gasteiger partial charge in [0, 0.05) is 32.3 Å². The molecule has 2 fully saturated rings. The van der Waals surface area contributed by atoms with E-state index < -0.39 is 5.41 Å². The van der Waals surface area contributed by atoms with Crippen molar-refractivity contribution in [1.29, 1.82) is 0 Å². The molecule has 2 aliphatic rings. The van der Waals surface area contributed by atoms with Gasteiger partial charge in [0.2, 0.25) is 5.91 Å². The molecular formula is C15H29N3O2. The predicted molar refractivity (Wildman–Crippen MR) is 79.4 cm³/mol. The number of hydrogen-bond acceptors (Lipinski definition) is 4. The highest BCUT2D eigenvalue weighted by Gasteiger charge is 2.38. The quantitative estimate of drug-likeness (QED) is 0.780. The zero-order chi connectivity index (χ0) is 14.4. The molecule has 0 radical (unpaired) electrons. The number of rotatable bonds is 5. The van der Waals surface area contributed by atoms with Crippen molar-refractivity contribution in [2.75, 3.05) is 39.4 Å². The summed E-state index contributed by atoms with van der Waals surface area (Å²) in [6.45, 7) is 6.95. The van der Waals surface area contributed by atoms with E-state index in [0.717, 1.165) is 32.5 Å². The Morgan fingerprint density at radius 3 is 2.55 bits per heavy atom. The van der Waals surface area contributed by atoms with Gasteiger partial charge >= 0.3 is 0 Å². The van der Waals surface area contributed by atoms with Crippen LogP contribution in [0.25, 0.3) is 0 Å². The van der Waals surface area contributed by atoms with Crippen LogP contribution in [0.3, 0.4) is 0 Å². The van der Waals surface area contributed by atoms with Crippen molar-refractivity contribution in [3.05, 3.63) is 0 Å². The lowest BCUT2D eigenvalue weighted by Gasteiger charge is -2.36. The fraction of sp³-hybridized carbons (Fsp3) is 0.933.